The minimum absolute atomic E-state index is 0.169. The molecule has 0 bridgehead atoms. The van der Waals surface area contributed by atoms with Crippen molar-refractivity contribution in [3.8, 4) is 0 Å². The van der Waals surface area contributed by atoms with Crippen molar-refractivity contribution in [3.05, 3.63) is 18.0 Å². The predicted molar refractivity (Wildman–Crippen MR) is 48.2 cm³/mol. The van der Waals surface area contributed by atoms with Gasteiger partial charge in [-0.25, -0.2) is 0 Å². The van der Waals surface area contributed by atoms with Gasteiger partial charge in [0, 0.05) is 11.9 Å². The van der Waals surface area contributed by atoms with E-state index in [1.807, 2.05) is 13.0 Å². The molecule has 0 saturated heterocycles. The summed E-state index contributed by atoms with van der Waals surface area (Å²) >= 11 is 0. The zero-order chi connectivity index (χ0) is 9.68. The molecule has 4 nitrogen and oxygen atoms in total. The van der Waals surface area contributed by atoms with E-state index in [2.05, 4.69) is 5.10 Å². The van der Waals surface area contributed by atoms with Gasteiger partial charge in [0.25, 0.3) is 0 Å². The van der Waals surface area contributed by atoms with Gasteiger partial charge in [0.05, 0.1) is 19.6 Å². The van der Waals surface area contributed by atoms with Crippen molar-refractivity contribution in [3.63, 3.8) is 0 Å². The van der Waals surface area contributed by atoms with Crippen LogP contribution in [0.5, 0.6) is 0 Å². The molecule has 0 radical (unpaired) electrons. The van der Waals surface area contributed by atoms with Crippen LogP contribution in [-0.4, -0.2) is 22.4 Å². The number of carbonyl (C=O) groups is 1. The van der Waals surface area contributed by atoms with Gasteiger partial charge in [-0.1, -0.05) is 0 Å². The van der Waals surface area contributed by atoms with Gasteiger partial charge in [-0.05, 0) is 19.9 Å². The number of nitrogens with zero attached hydrogens (tertiary/aromatic N) is 2. The van der Waals surface area contributed by atoms with Crippen molar-refractivity contribution in [1.29, 1.82) is 0 Å². The predicted octanol–water partition coefficient (Wildman–Crippen LogP) is 1.14. The second-order valence-corrected chi connectivity index (χ2v) is 2.75. The minimum atomic E-state index is -0.169. The number of carbonyl (C=O) groups excluding carboxylic acids is 1. The van der Waals surface area contributed by atoms with Crippen molar-refractivity contribution in [2.45, 2.75) is 26.8 Å². The third kappa shape index (κ3) is 2.89. The van der Waals surface area contributed by atoms with E-state index in [1.54, 1.807) is 17.8 Å². The summed E-state index contributed by atoms with van der Waals surface area (Å²) in [4.78, 5) is 11.0. The van der Waals surface area contributed by atoms with E-state index >= 15 is 0 Å². The molecule has 0 aromatic carbocycles. The number of aromatic nitrogens is 2. The molecule has 72 valence electrons. The van der Waals surface area contributed by atoms with Gasteiger partial charge in [0.1, 0.15) is 0 Å². The molecule has 1 aromatic heterocycles. The molecule has 1 heterocycles. The Morgan fingerprint density at radius 2 is 2.46 bits per heavy atom. The Hall–Kier alpha value is -1.32. The largest absolute Gasteiger partial charge is 0.466 e. The molecule has 0 spiro atoms. The molecular weight excluding hydrogens is 168 g/mol. The summed E-state index contributed by atoms with van der Waals surface area (Å²) in [7, 11) is 0. The topological polar surface area (TPSA) is 44.1 Å². The lowest BCUT2D eigenvalue weighted by Gasteiger charge is -2.03. The van der Waals surface area contributed by atoms with Crippen molar-refractivity contribution >= 4 is 5.97 Å². The van der Waals surface area contributed by atoms with Crippen LogP contribution in [0.25, 0.3) is 0 Å². The van der Waals surface area contributed by atoms with Crippen LogP contribution in [0.1, 0.15) is 19.0 Å². The highest BCUT2D eigenvalue weighted by Gasteiger charge is 2.03. The summed E-state index contributed by atoms with van der Waals surface area (Å²) in [6.45, 7) is 4.80. The normalized spacial score (nSPS) is 10.0. The first-order valence-corrected chi connectivity index (χ1v) is 4.38. The number of hydrogen-bond acceptors (Lipinski definition) is 3. The molecule has 0 amide bonds. The Balaban J connectivity index is 2.35. The van der Waals surface area contributed by atoms with Crippen molar-refractivity contribution in [2.24, 2.45) is 0 Å². The molecule has 0 N–H and O–H groups in total. The molecule has 1 aromatic rings. The monoisotopic (exact) mass is 182 g/mol. The fourth-order valence-corrected chi connectivity index (χ4v) is 1.06. The van der Waals surface area contributed by atoms with Crippen molar-refractivity contribution < 1.29 is 9.53 Å². The first-order valence-electron chi connectivity index (χ1n) is 4.38. The van der Waals surface area contributed by atoms with Crippen LogP contribution >= 0.6 is 0 Å². The van der Waals surface area contributed by atoms with Gasteiger partial charge in [-0.2, -0.15) is 5.10 Å². The number of hydrogen-bond donors (Lipinski definition) is 0. The standard InChI is InChI=1S/C9H14N2O2/c1-3-13-9(12)5-7-11-8(2)4-6-10-11/h4,6H,3,5,7H2,1-2H3. The number of ether oxygens (including phenoxy) is 1. The first kappa shape index (κ1) is 9.77. The highest BCUT2D eigenvalue weighted by atomic mass is 16.5. The zero-order valence-corrected chi connectivity index (χ0v) is 7.99. The van der Waals surface area contributed by atoms with Gasteiger partial charge in [-0.15, -0.1) is 0 Å². The van der Waals surface area contributed by atoms with Crippen LogP contribution in [0.15, 0.2) is 12.3 Å². The van der Waals surface area contributed by atoms with E-state index in [0.29, 0.717) is 19.6 Å². The maximum atomic E-state index is 11.0. The fraction of sp³-hybridized carbons (Fsp3) is 0.556. The van der Waals surface area contributed by atoms with E-state index in [1.165, 1.54) is 0 Å². The fourth-order valence-electron chi connectivity index (χ4n) is 1.06. The molecule has 0 aliphatic heterocycles. The summed E-state index contributed by atoms with van der Waals surface area (Å²) in [5, 5.41) is 4.06. The maximum Gasteiger partial charge on any atom is 0.307 e. The van der Waals surface area contributed by atoms with Gasteiger partial charge >= 0.3 is 5.97 Å². The van der Waals surface area contributed by atoms with E-state index in [-0.39, 0.29) is 5.97 Å². The molecule has 0 atom stereocenters. The Labute approximate surface area is 77.5 Å². The molecule has 4 heteroatoms. The van der Waals surface area contributed by atoms with E-state index in [9.17, 15) is 4.79 Å². The maximum absolute atomic E-state index is 11.0. The quantitative estimate of drug-likeness (QED) is 0.656. The molecule has 13 heavy (non-hydrogen) atoms. The molecular formula is C9H14N2O2. The third-order valence-electron chi connectivity index (χ3n) is 1.76. The minimum Gasteiger partial charge on any atom is -0.466 e. The van der Waals surface area contributed by atoms with Crippen LogP contribution < -0.4 is 0 Å². The molecule has 0 unspecified atom stereocenters. The highest BCUT2D eigenvalue weighted by Crippen LogP contribution is 1.98. The summed E-state index contributed by atoms with van der Waals surface area (Å²) in [5.74, 6) is -0.169. The Kier molecular flexibility index (Phi) is 3.49. The van der Waals surface area contributed by atoms with Crippen molar-refractivity contribution in [1.82, 2.24) is 9.78 Å². The van der Waals surface area contributed by atoms with E-state index in [0.717, 1.165) is 5.69 Å². The summed E-state index contributed by atoms with van der Waals surface area (Å²) < 4.78 is 6.59. The van der Waals surface area contributed by atoms with Crippen LogP contribution in [-0.2, 0) is 16.1 Å². The second kappa shape index (κ2) is 4.64. The number of esters is 1. The lowest BCUT2D eigenvalue weighted by Crippen LogP contribution is -2.10. The number of rotatable bonds is 4. The highest BCUT2D eigenvalue weighted by molar-refractivity contribution is 5.69. The van der Waals surface area contributed by atoms with Crippen LogP contribution in [0.2, 0.25) is 0 Å². The van der Waals surface area contributed by atoms with Crippen LogP contribution in [0.4, 0.5) is 0 Å². The lowest BCUT2D eigenvalue weighted by atomic mass is 10.4. The van der Waals surface area contributed by atoms with Crippen LogP contribution in [0.3, 0.4) is 0 Å². The van der Waals surface area contributed by atoms with E-state index in [4.69, 9.17) is 4.74 Å². The summed E-state index contributed by atoms with van der Waals surface area (Å²) in [5.41, 5.74) is 1.06. The van der Waals surface area contributed by atoms with Gasteiger partial charge in [-0.3, -0.25) is 9.48 Å². The molecule has 0 saturated carbocycles. The summed E-state index contributed by atoms with van der Waals surface area (Å²) in [6.07, 6.45) is 2.11. The Bertz CT molecular complexity index is 281. The molecule has 0 aliphatic carbocycles. The van der Waals surface area contributed by atoms with Gasteiger partial charge in [0.2, 0.25) is 0 Å². The second-order valence-electron chi connectivity index (χ2n) is 2.75. The molecule has 0 fully saturated rings. The summed E-state index contributed by atoms with van der Waals surface area (Å²) in [6, 6.07) is 1.91. The third-order valence-corrected chi connectivity index (χ3v) is 1.76. The average Bonchev–Trinajstić information content (AvgIpc) is 2.48. The SMILES string of the molecule is CCOC(=O)CCn1nccc1C. The average molecular weight is 182 g/mol. The lowest BCUT2D eigenvalue weighted by molar-refractivity contribution is -0.143. The van der Waals surface area contributed by atoms with Crippen LogP contribution in [0, 0.1) is 6.92 Å². The zero-order valence-electron chi connectivity index (χ0n) is 7.99. The molecule has 1 rings (SSSR count). The molecule has 0 aliphatic rings. The van der Waals surface area contributed by atoms with Crippen molar-refractivity contribution in [2.75, 3.05) is 6.61 Å². The number of aryl methyl sites for hydroxylation is 2. The smallest absolute Gasteiger partial charge is 0.307 e. The van der Waals surface area contributed by atoms with Gasteiger partial charge < -0.3 is 4.74 Å². The Morgan fingerprint density at radius 1 is 1.69 bits per heavy atom. The van der Waals surface area contributed by atoms with Gasteiger partial charge in [0.15, 0.2) is 0 Å². The first-order chi connectivity index (χ1) is 6.24. The van der Waals surface area contributed by atoms with E-state index < -0.39 is 0 Å². The Morgan fingerprint density at radius 3 is 3.00 bits per heavy atom.